The molecule has 2 heterocycles. The van der Waals surface area contributed by atoms with Crippen LogP contribution in [0.2, 0.25) is 0 Å². The second-order valence-corrected chi connectivity index (χ2v) is 9.61. The van der Waals surface area contributed by atoms with Crippen molar-refractivity contribution in [3.05, 3.63) is 56.0 Å². The van der Waals surface area contributed by atoms with Crippen LogP contribution in [0.4, 0.5) is 5.69 Å². The molecule has 0 bridgehead atoms. The zero-order valence-electron chi connectivity index (χ0n) is 18.9. The molecule has 1 aromatic carbocycles. The number of rotatable bonds is 4. The van der Waals surface area contributed by atoms with E-state index in [2.05, 4.69) is 15.3 Å². The van der Waals surface area contributed by atoms with E-state index in [1.807, 2.05) is 52.8 Å². The number of aromatic nitrogens is 4. The Morgan fingerprint density at radius 2 is 1.74 bits per heavy atom. The Bertz CT molecular complexity index is 1300. The molecule has 9 heteroatoms. The number of carbonyl (C=O) groups is 1. The Hall–Kier alpha value is -2.94. The number of anilines is 1. The highest BCUT2D eigenvalue weighted by Crippen LogP contribution is 2.27. The number of benzene rings is 1. The van der Waals surface area contributed by atoms with Crippen LogP contribution in [0.3, 0.4) is 0 Å². The van der Waals surface area contributed by atoms with Crippen molar-refractivity contribution in [1.82, 2.24) is 19.1 Å². The van der Waals surface area contributed by atoms with Gasteiger partial charge in [-0.15, -0.1) is 0 Å². The number of aryl methyl sites for hydroxylation is 3. The number of nitrogens with zero attached hydrogens (tertiary/aromatic N) is 4. The van der Waals surface area contributed by atoms with Gasteiger partial charge in [0.1, 0.15) is 16.2 Å². The van der Waals surface area contributed by atoms with Gasteiger partial charge < -0.3 is 5.32 Å². The molecule has 31 heavy (non-hydrogen) atoms. The summed E-state index contributed by atoms with van der Waals surface area (Å²) < 4.78 is 2.37. The van der Waals surface area contributed by atoms with Crippen LogP contribution < -0.4 is 16.6 Å². The molecule has 3 rings (SSSR count). The molecule has 0 saturated heterocycles. The molecule has 0 spiro atoms. The quantitative estimate of drug-likeness (QED) is 0.494. The van der Waals surface area contributed by atoms with Crippen molar-refractivity contribution in [1.29, 1.82) is 0 Å². The van der Waals surface area contributed by atoms with Crippen molar-refractivity contribution >= 4 is 34.4 Å². The summed E-state index contributed by atoms with van der Waals surface area (Å²) in [7, 11) is 2.99. The van der Waals surface area contributed by atoms with E-state index in [4.69, 9.17) is 0 Å². The number of hydrogen-bond donors (Lipinski definition) is 1. The molecule has 8 nitrogen and oxygen atoms in total. The largest absolute Gasteiger partial charge is 0.332 e. The summed E-state index contributed by atoms with van der Waals surface area (Å²) >= 11 is 1.16. The van der Waals surface area contributed by atoms with Crippen LogP contribution in [0, 0.1) is 13.8 Å². The minimum Gasteiger partial charge on any atom is -0.325 e. The summed E-state index contributed by atoms with van der Waals surface area (Å²) in [5, 5.41) is 3.51. The lowest BCUT2D eigenvalue weighted by Crippen LogP contribution is -2.38. The van der Waals surface area contributed by atoms with Crippen molar-refractivity contribution < 1.29 is 4.79 Å². The molecule has 0 aliphatic carbocycles. The van der Waals surface area contributed by atoms with Crippen LogP contribution >= 0.6 is 11.8 Å². The second kappa shape index (κ2) is 8.30. The topological polar surface area (TPSA) is 98.9 Å². The maximum Gasteiger partial charge on any atom is 0.332 e. The molecule has 3 aromatic rings. The number of amides is 1. The number of thioether (sulfide) groups is 1. The van der Waals surface area contributed by atoms with Crippen molar-refractivity contribution in [3.8, 4) is 0 Å². The van der Waals surface area contributed by atoms with E-state index in [0.29, 0.717) is 10.9 Å². The molecule has 0 atom stereocenters. The van der Waals surface area contributed by atoms with Crippen LogP contribution in [0.5, 0.6) is 0 Å². The van der Waals surface area contributed by atoms with Crippen LogP contribution in [0.15, 0.2) is 32.8 Å². The molecule has 0 fully saturated rings. The SMILES string of the molecule is Cc1ccc(NC(=O)CSc2nc(C(C)(C)C)nc3c2c(=O)n(C)c(=O)n3C)cc1C. The number of hydrogen-bond acceptors (Lipinski definition) is 6. The fraction of sp³-hybridized carbons (Fsp3) is 0.409. The monoisotopic (exact) mass is 441 g/mol. The van der Waals surface area contributed by atoms with Gasteiger partial charge in [0.05, 0.1) is 5.75 Å². The number of fused-ring (bicyclic) bond motifs is 1. The standard InChI is InChI=1S/C22H27N5O3S/c1-12-8-9-14(10-13(12)2)23-15(28)11-31-18-16-17(24-20(25-18)22(3,4)5)26(6)21(30)27(7)19(16)29/h8-10H,11H2,1-7H3,(H,23,28). The lowest BCUT2D eigenvalue weighted by Gasteiger charge is -2.19. The molecular formula is C22H27N5O3S. The third kappa shape index (κ3) is 4.56. The number of carbonyl (C=O) groups excluding carboxylic acids is 1. The van der Waals surface area contributed by atoms with Crippen LogP contribution in [-0.2, 0) is 24.3 Å². The summed E-state index contributed by atoms with van der Waals surface area (Å²) in [5.74, 6) is 0.355. The van der Waals surface area contributed by atoms with Crippen molar-refractivity contribution in [2.45, 2.75) is 45.1 Å². The predicted octanol–water partition coefficient (Wildman–Crippen LogP) is 2.67. The highest BCUT2D eigenvalue weighted by atomic mass is 32.2. The fourth-order valence-electron chi connectivity index (χ4n) is 3.02. The Morgan fingerprint density at radius 1 is 1.06 bits per heavy atom. The van der Waals surface area contributed by atoms with Crippen molar-refractivity contribution in [3.63, 3.8) is 0 Å². The highest BCUT2D eigenvalue weighted by Gasteiger charge is 2.24. The van der Waals surface area contributed by atoms with E-state index in [0.717, 1.165) is 33.1 Å². The lowest BCUT2D eigenvalue weighted by atomic mass is 9.96. The van der Waals surface area contributed by atoms with Gasteiger partial charge in [0.2, 0.25) is 5.91 Å². The molecule has 1 amide bonds. The smallest absolute Gasteiger partial charge is 0.325 e. The van der Waals surface area contributed by atoms with Gasteiger partial charge in [-0.2, -0.15) is 0 Å². The first-order chi connectivity index (χ1) is 14.4. The van der Waals surface area contributed by atoms with Gasteiger partial charge in [0.15, 0.2) is 5.65 Å². The normalized spacial score (nSPS) is 11.7. The zero-order chi connectivity index (χ0) is 23.1. The first-order valence-electron chi connectivity index (χ1n) is 9.88. The second-order valence-electron chi connectivity index (χ2n) is 8.64. The van der Waals surface area contributed by atoms with Gasteiger partial charge in [-0.05, 0) is 37.1 Å². The van der Waals surface area contributed by atoms with Gasteiger partial charge in [-0.25, -0.2) is 14.8 Å². The van der Waals surface area contributed by atoms with E-state index in [1.54, 1.807) is 7.05 Å². The Balaban J connectivity index is 2.00. The average Bonchev–Trinajstić information content (AvgIpc) is 2.70. The molecule has 1 N–H and O–H groups in total. The van der Waals surface area contributed by atoms with E-state index in [1.165, 1.54) is 11.6 Å². The summed E-state index contributed by atoms with van der Waals surface area (Å²) in [4.78, 5) is 46.9. The third-order valence-corrected chi connectivity index (χ3v) is 6.04. The van der Waals surface area contributed by atoms with E-state index in [9.17, 15) is 14.4 Å². The summed E-state index contributed by atoms with van der Waals surface area (Å²) in [5.41, 5.74) is 1.89. The Kier molecular flexibility index (Phi) is 6.09. The third-order valence-electron chi connectivity index (χ3n) is 5.07. The fourth-order valence-corrected chi connectivity index (χ4v) is 3.83. The molecule has 0 saturated carbocycles. The molecule has 0 aliphatic heterocycles. The summed E-state index contributed by atoms with van der Waals surface area (Å²) in [6.07, 6.45) is 0. The molecule has 0 radical (unpaired) electrons. The Morgan fingerprint density at radius 3 is 2.35 bits per heavy atom. The Labute approximate surface area is 184 Å². The van der Waals surface area contributed by atoms with Gasteiger partial charge in [-0.1, -0.05) is 38.6 Å². The van der Waals surface area contributed by atoms with E-state index >= 15 is 0 Å². The zero-order valence-corrected chi connectivity index (χ0v) is 19.7. The first kappa shape index (κ1) is 22.7. The van der Waals surface area contributed by atoms with E-state index < -0.39 is 16.7 Å². The predicted molar refractivity (Wildman–Crippen MR) is 124 cm³/mol. The number of nitrogens with one attached hydrogen (secondary N) is 1. The summed E-state index contributed by atoms with van der Waals surface area (Å²) in [6, 6.07) is 5.73. The molecule has 0 aliphatic rings. The lowest BCUT2D eigenvalue weighted by molar-refractivity contribution is -0.113. The van der Waals surface area contributed by atoms with Gasteiger partial charge in [-0.3, -0.25) is 18.7 Å². The molecule has 164 valence electrons. The van der Waals surface area contributed by atoms with Crippen molar-refractivity contribution in [2.75, 3.05) is 11.1 Å². The molecular weight excluding hydrogens is 414 g/mol. The van der Waals surface area contributed by atoms with E-state index in [-0.39, 0.29) is 22.7 Å². The minimum atomic E-state index is -0.476. The average molecular weight is 442 g/mol. The summed E-state index contributed by atoms with van der Waals surface area (Å²) in [6.45, 7) is 9.86. The highest BCUT2D eigenvalue weighted by molar-refractivity contribution is 8.00. The first-order valence-corrected chi connectivity index (χ1v) is 10.9. The molecule has 0 unspecified atom stereocenters. The van der Waals surface area contributed by atoms with Crippen molar-refractivity contribution in [2.24, 2.45) is 14.1 Å². The minimum absolute atomic E-state index is 0.0641. The van der Waals surface area contributed by atoms with Crippen LogP contribution in [-0.4, -0.2) is 30.8 Å². The van der Waals surface area contributed by atoms with Crippen LogP contribution in [0.25, 0.3) is 11.0 Å². The van der Waals surface area contributed by atoms with Gasteiger partial charge in [0, 0.05) is 25.2 Å². The van der Waals surface area contributed by atoms with Gasteiger partial charge in [0.25, 0.3) is 5.56 Å². The van der Waals surface area contributed by atoms with Crippen LogP contribution in [0.1, 0.15) is 37.7 Å². The maximum atomic E-state index is 12.8. The van der Waals surface area contributed by atoms with Gasteiger partial charge >= 0.3 is 5.69 Å². The maximum absolute atomic E-state index is 12.8. The molecule has 2 aromatic heterocycles.